The summed E-state index contributed by atoms with van der Waals surface area (Å²) < 4.78 is 0. The van der Waals surface area contributed by atoms with Gasteiger partial charge in [0.05, 0.1) is 5.60 Å². The summed E-state index contributed by atoms with van der Waals surface area (Å²) in [6.07, 6.45) is 2.41. The topological polar surface area (TPSA) is 40.5 Å². The van der Waals surface area contributed by atoms with Gasteiger partial charge in [-0.2, -0.15) is 0 Å². The fourth-order valence-electron chi connectivity index (χ4n) is 1.58. The van der Waals surface area contributed by atoms with E-state index in [1.165, 1.54) is 0 Å². The van der Waals surface area contributed by atoms with Gasteiger partial charge in [0.25, 0.3) is 0 Å². The standard InChI is InChI=1S/C9H17NO2/c1-8(11)10-6-3-4-9(2,12)5-7-10/h12H,3-7H2,1-2H3/t9-/m1/s1. The second-order valence-electron chi connectivity index (χ2n) is 3.86. The van der Waals surface area contributed by atoms with E-state index in [0.717, 1.165) is 19.4 Å². The number of hydrogen-bond donors (Lipinski definition) is 1. The van der Waals surface area contributed by atoms with Crippen LogP contribution in [0, 0.1) is 0 Å². The molecule has 0 saturated carbocycles. The van der Waals surface area contributed by atoms with Crippen LogP contribution in [0.15, 0.2) is 0 Å². The number of rotatable bonds is 0. The van der Waals surface area contributed by atoms with E-state index in [9.17, 15) is 9.90 Å². The molecule has 0 bridgehead atoms. The van der Waals surface area contributed by atoms with Crippen LogP contribution in [0.4, 0.5) is 0 Å². The highest BCUT2D eigenvalue weighted by Crippen LogP contribution is 2.21. The first-order chi connectivity index (χ1) is 5.51. The molecule has 70 valence electrons. The van der Waals surface area contributed by atoms with Crippen molar-refractivity contribution in [2.45, 2.75) is 38.7 Å². The summed E-state index contributed by atoms with van der Waals surface area (Å²) in [6.45, 7) is 4.92. The van der Waals surface area contributed by atoms with Crippen molar-refractivity contribution in [3.8, 4) is 0 Å². The van der Waals surface area contributed by atoms with E-state index in [-0.39, 0.29) is 5.91 Å². The van der Waals surface area contributed by atoms with Crippen LogP contribution in [0.3, 0.4) is 0 Å². The molecule has 1 atom stereocenters. The number of aliphatic hydroxyl groups is 1. The lowest BCUT2D eigenvalue weighted by atomic mass is 9.98. The van der Waals surface area contributed by atoms with Crippen LogP contribution in [0.25, 0.3) is 0 Å². The Kier molecular flexibility index (Phi) is 2.73. The first-order valence-corrected chi connectivity index (χ1v) is 4.49. The molecule has 1 aliphatic heterocycles. The average molecular weight is 171 g/mol. The van der Waals surface area contributed by atoms with Crippen LogP contribution in [0.2, 0.25) is 0 Å². The largest absolute Gasteiger partial charge is 0.390 e. The molecule has 0 aromatic rings. The Bertz CT molecular complexity index is 177. The molecule has 0 spiro atoms. The lowest BCUT2D eigenvalue weighted by Gasteiger charge is -2.21. The second kappa shape index (κ2) is 3.44. The molecular formula is C9H17NO2. The zero-order valence-corrected chi connectivity index (χ0v) is 7.84. The molecule has 12 heavy (non-hydrogen) atoms. The van der Waals surface area contributed by atoms with Gasteiger partial charge in [0, 0.05) is 20.0 Å². The fourth-order valence-corrected chi connectivity index (χ4v) is 1.58. The van der Waals surface area contributed by atoms with E-state index in [1.54, 1.807) is 6.92 Å². The van der Waals surface area contributed by atoms with E-state index >= 15 is 0 Å². The molecule has 1 N–H and O–H groups in total. The second-order valence-corrected chi connectivity index (χ2v) is 3.86. The molecule has 1 saturated heterocycles. The van der Waals surface area contributed by atoms with E-state index < -0.39 is 5.60 Å². The van der Waals surface area contributed by atoms with Crippen molar-refractivity contribution in [2.24, 2.45) is 0 Å². The Morgan fingerprint density at radius 3 is 2.67 bits per heavy atom. The van der Waals surface area contributed by atoms with Gasteiger partial charge in [-0.15, -0.1) is 0 Å². The van der Waals surface area contributed by atoms with Gasteiger partial charge in [0.1, 0.15) is 0 Å². The van der Waals surface area contributed by atoms with E-state index in [0.29, 0.717) is 13.0 Å². The van der Waals surface area contributed by atoms with Crippen LogP contribution in [0.5, 0.6) is 0 Å². The Labute approximate surface area is 73.4 Å². The molecule has 1 fully saturated rings. The molecule has 0 aromatic heterocycles. The highest BCUT2D eigenvalue weighted by Gasteiger charge is 2.25. The number of amides is 1. The van der Waals surface area contributed by atoms with Crippen LogP contribution < -0.4 is 0 Å². The molecule has 1 rings (SSSR count). The zero-order chi connectivity index (χ0) is 9.19. The molecule has 3 nitrogen and oxygen atoms in total. The maximum absolute atomic E-state index is 11.0. The summed E-state index contributed by atoms with van der Waals surface area (Å²) in [6, 6.07) is 0. The molecule has 3 heteroatoms. The van der Waals surface area contributed by atoms with Gasteiger partial charge in [-0.3, -0.25) is 4.79 Å². The SMILES string of the molecule is CC(=O)N1CCC[C@@](C)(O)CC1. The summed E-state index contributed by atoms with van der Waals surface area (Å²) in [4.78, 5) is 12.8. The molecule has 1 heterocycles. The minimum absolute atomic E-state index is 0.118. The number of carbonyl (C=O) groups excluding carboxylic acids is 1. The maximum atomic E-state index is 11.0. The Morgan fingerprint density at radius 2 is 2.08 bits per heavy atom. The van der Waals surface area contributed by atoms with Crippen molar-refractivity contribution in [2.75, 3.05) is 13.1 Å². The fraction of sp³-hybridized carbons (Fsp3) is 0.889. The molecular weight excluding hydrogens is 154 g/mol. The molecule has 0 unspecified atom stereocenters. The Hall–Kier alpha value is -0.570. The highest BCUT2D eigenvalue weighted by molar-refractivity contribution is 5.73. The van der Waals surface area contributed by atoms with Crippen molar-refractivity contribution in [3.05, 3.63) is 0 Å². The third-order valence-electron chi connectivity index (χ3n) is 2.51. The van der Waals surface area contributed by atoms with Crippen molar-refractivity contribution in [3.63, 3.8) is 0 Å². The summed E-state index contributed by atoms with van der Waals surface area (Å²) in [7, 11) is 0. The molecule has 0 aromatic carbocycles. The zero-order valence-electron chi connectivity index (χ0n) is 7.84. The molecule has 0 radical (unpaired) electrons. The van der Waals surface area contributed by atoms with E-state index in [4.69, 9.17) is 0 Å². The first-order valence-electron chi connectivity index (χ1n) is 4.49. The normalized spacial score (nSPS) is 31.4. The lowest BCUT2D eigenvalue weighted by Crippen LogP contribution is -2.31. The molecule has 1 amide bonds. The third-order valence-corrected chi connectivity index (χ3v) is 2.51. The van der Waals surface area contributed by atoms with Crippen LogP contribution >= 0.6 is 0 Å². The van der Waals surface area contributed by atoms with Crippen molar-refractivity contribution >= 4 is 5.91 Å². The van der Waals surface area contributed by atoms with Crippen LogP contribution in [-0.4, -0.2) is 34.6 Å². The average Bonchev–Trinajstić information content (AvgIpc) is 2.10. The van der Waals surface area contributed by atoms with Gasteiger partial charge in [0.15, 0.2) is 0 Å². The van der Waals surface area contributed by atoms with Crippen LogP contribution in [-0.2, 0) is 4.79 Å². The number of hydrogen-bond acceptors (Lipinski definition) is 2. The summed E-state index contributed by atoms with van der Waals surface area (Å²) in [5.74, 6) is 0.118. The van der Waals surface area contributed by atoms with Gasteiger partial charge in [-0.05, 0) is 26.2 Å². The number of carbonyl (C=O) groups is 1. The van der Waals surface area contributed by atoms with Gasteiger partial charge in [-0.25, -0.2) is 0 Å². The van der Waals surface area contributed by atoms with Crippen molar-refractivity contribution in [1.29, 1.82) is 0 Å². The highest BCUT2D eigenvalue weighted by atomic mass is 16.3. The number of nitrogens with zero attached hydrogens (tertiary/aromatic N) is 1. The van der Waals surface area contributed by atoms with Gasteiger partial charge in [0.2, 0.25) is 5.91 Å². The first kappa shape index (κ1) is 9.52. The van der Waals surface area contributed by atoms with Gasteiger partial charge >= 0.3 is 0 Å². The quantitative estimate of drug-likeness (QED) is 0.585. The van der Waals surface area contributed by atoms with Gasteiger partial charge in [-0.1, -0.05) is 0 Å². The minimum Gasteiger partial charge on any atom is -0.390 e. The smallest absolute Gasteiger partial charge is 0.219 e. The Morgan fingerprint density at radius 1 is 1.42 bits per heavy atom. The predicted molar refractivity (Wildman–Crippen MR) is 46.7 cm³/mol. The van der Waals surface area contributed by atoms with E-state index in [1.807, 2.05) is 11.8 Å². The predicted octanol–water partition coefficient (Wildman–Crippen LogP) is 0.770. The summed E-state index contributed by atoms with van der Waals surface area (Å²) >= 11 is 0. The van der Waals surface area contributed by atoms with E-state index in [2.05, 4.69) is 0 Å². The lowest BCUT2D eigenvalue weighted by molar-refractivity contribution is -0.128. The number of likely N-dealkylation sites (tertiary alicyclic amines) is 1. The minimum atomic E-state index is -0.565. The third kappa shape index (κ3) is 2.48. The molecule has 0 aliphatic carbocycles. The monoisotopic (exact) mass is 171 g/mol. The van der Waals surface area contributed by atoms with Crippen molar-refractivity contribution in [1.82, 2.24) is 4.90 Å². The summed E-state index contributed by atoms with van der Waals surface area (Å²) in [5.41, 5.74) is -0.565. The maximum Gasteiger partial charge on any atom is 0.219 e. The summed E-state index contributed by atoms with van der Waals surface area (Å²) in [5, 5.41) is 9.72. The van der Waals surface area contributed by atoms with Gasteiger partial charge < -0.3 is 10.0 Å². The van der Waals surface area contributed by atoms with Crippen LogP contribution in [0.1, 0.15) is 33.1 Å². The Balaban J connectivity index is 2.50. The van der Waals surface area contributed by atoms with Crippen molar-refractivity contribution < 1.29 is 9.90 Å². The molecule has 1 aliphatic rings.